The highest BCUT2D eigenvalue weighted by atomic mass is 79.9. The molecule has 0 aliphatic carbocycles. The van der Waals surface area contributed by atoms with Crippen LogP contribution in [-0.2, 0) is 6.54 Å². The van der Waals surface area contributed by atoms with E-state index in [1.165, 1.54) is 54.5 Å². The van der Waals surface area contributed by atoms with E-state index in [-0.39, 0.29) is 0 Å². The zero-order valence-corrected chi connectivity index (χ0v) is 14.4. The van der Waals surface area contributed by atoms with Gasteiger partial charge < -0.3 is 10.2 Å². The van der Waals surface area contributed by atoms with Crippen LogP contribution in [0.3, 0.4) is 0 Å². The van der Waals surface area contributed by atoms with Crippen LogP contribution in [0.5, 0.6) is 0 Å². The molecule has 1 fully saturated rings. The predicted octanol–water partition coefficient (Wildman–Crippen LogP) is 4.58. The minimum absolute atomic E-state index is 0.923. The second kappa shape index (κ2) is 8.04. The lowest BCUT2D eigenvalue weighted by Crippen LogP contribution is -2.24. The summed E-state index contributed by atoms with van der Waals surface area (Å²) in [5.74, 6) is 0.923. The normalized spacial score (nSPS) is 19.9. The first-order valence-corrected chi connectivity index (χ1v) is 8.78. The number of hydrogen-bond donors (Lipinski definition) is 1. The fourth-order valence-electron chi connectivity index (χ4n) is 3.00. The van der Waals surface area contributed by atoms with Gasteiger partial charge in [-0.2, -0.15) is 0 Å². The fourth-order valence-corrected chi connectivity index (χ4v) is 3.68. The van der Waals surface area contributed by atoms with Gasteiger partial charge >= 0.3 is 0 Å². The number of nitrogens with zero attached hydrogens (tertiary/aromatic N) is 1. The second-order valence-corrected chi connectivity index (χ2v) is 6.61. The van der Waals surface area contributed by atoms with Gasteiger partial charge in [0.15, 0.2) is 0 Å². The van der Waals surface area contributed by atoms with Gasteiger partial charge in [-0.25, -0.2) is 0 Å². The first-order valence-electron chi connectivity index (χ1n) is 7.98. The van der Waals surface area contributed by atoms with Crippen LogP contribution in [0.25, 0.3) is 0 Å². The maximum absolute atomic E-state index is 3.76. The van der Waals surface area contributed by atoms with Crippen LogP contribution >= 0.6 is 15.9 Å². The van der Waals surface area contributed by atoms with Crippen LogP contribution in [0.2, 0.25) is 0 Å². The molecule has 0 saturated carbocycles. The zero-order chi connectivity index (χ0) is 14.4. The van der Waals surface area contributed by atoms with E-state index in [4.69, 9.17) is 0 Å². The SMILES string of the molecule is CCNCc1ccc(N2CCCC(CC)CC2)c(Br)c1. The molecular weight excluding hydrogens is 312 g/mol. The van der Waals surface area contributed by atoms with E-state index in [1.54, 1.807) is 0 Å². The van der Waals surface area contributed by atoms with Gasteiger partial charge in [-0.1, -0.05) is 26.3 Å². The smallest absolute Gasteiger partial charge is 0.0510 e. The first kappa shape index (κ1) is 15.8. The van der Waals surface area contributed by atoms with E-state index in [0.29, 0.717) is 0 Å². The summed E-state index contributed by atoms with van der Waals surface area (Å²) in [7, 11) is 0. The molecule has 1 aliphatic rings. The summed E-state index contributed by atoms with van der Waals surface area (Å²) >= 11 is 3.76. The van der Waals surface area contributed by atoms with Crippen molar-refractivity contribution < 1.29 is 0 Å². The first-order chi connectivity index (χ1) is 9.74. The highest BCUT2D eigenvalue weighted by Gasteiger charge is 2.17. The van der Waals surface area contributed by atoms with Gasteiger partial charge in [0, 0.05) is 24.1 Å². The number of rotatable bonds is 5. The average Bonchev–Trinajstić information content (AvgIpc) is 2.70. The highest BCUT2D eigenvalue weighted by molar-refractivity contribution is 9.10. The molecule has 1 aromatic carbocycles. The maximum atomic E-state index is 3.76. The monoisotopic (exact) mass is 338 g/mol. The van der Waals surface area contributed by atoms with Gasteiger partial charge in [-0.3, -0.25) is 0 Å². The van der Waals surface area contributed by atoms with E-state index in [0.717, 1.165) is 19.0 Å². The van der Waals surface area contributed by atoms with Gasteiger partial charge in [0.05, 0.1) is 5.69 Å². The van der Waals surface area contributed by atoms with Gasteiger partial charge in [-0.05, 0) is 65.4 Å². The van der Waals surface area contributed by atoms with Crippen molar-refractivity contribution in [1.29, 1.82) is 0 Å². The maximum Gasteiger partial charge on any atom is 0.0510 e. The average molecular weight is 339 g/mol. The largest absolute Gasteiger partial charge is 0.371 e. The molecule has 2 nitrogen and oxygen atoms in total. The van der Waals surface area contributed by atoms with Crippen LogP contribution in [0.1, 0.15) is 45.1 Å². The van der Waals surface area contributed by atoms with E-state index >= 15 is 0 Å². The van der Waals surface area contributed by atoms with Crippen molar-refractivity contribution in [2.45, 2.75) is 46.1 Å². The third-order valence-corrected chi connectivity index (χ3v) is 4.99. The third kappa shape index (κ3) is 4.23. The van der Waals surface area contributed by atoms with Crippen molar-refractivity contribution in [1.82, 2.24) is 5.32 Å². The Morgan fingerprint density at radius 3 is 2.80 bits per heavy atom. The van der Waals surface area contributed by atoms with Crippen molar-refractivity contribution in [2.24, 2.45) is 5.92 Å². The van der Waals surface area contributed by atoms with Crippen LogP contribution in [0.15, 0.2) is 22.7 Å². The Morgan fingerprint density at radius 1 is 1.25 bits per heavy atom. The number of halogens is 1. The highest BCUT2D eigenvalue weighted by Crippen LogP contribution is 2.30. The van der Waals surface area contributed by atoms with E-state index in [1.807, 2.05) is 0 Å². The Balaban J connectivity index is 2.04. The molecule has 2 rings (SSSR count). The summed E-state index contributed by atoms with van der Waals surface area (Å²) in [5.41, 5.74) is 2.71. The van der Waals surface area contributed by atoms with Crippen molar-refractivity contribution in [3.8, 4) is 0 Å². The standard InChI is InChI=1S/C17H27BrN2/c1-3-14-6-5-10-20(11-9-14)17-8-7-15(12-16(17)18)13-19-4-2/h7-8,12,14,19H,3-6,9-11,13H2,1-2H3. The van der Waals surface area contributed by atoms with Crippen molar-refractivity contribution >= 4 is 21.6 Å². The number of anilines is 1. The number of nitrogens with one attached hydrogen (secondary N) is 1. The molecule has 1 heterocycles. The molecular formula is C17H27BrN2. The van der Waals surface area contributed by atoms with Crippen molar-refractivity contribution in [3.63, 3.8) is 0 Å². The van der Waals surface area contributed by atoms with Crippen LogP contribution in [0, 0.1) is 5.92 Å². The molecule has 1 aromatic rings. The molecule has 0 amide bonds. The Kier molecular flexibility index (Phi) is 6.37. The third-order valence-electron chi connectivity index (χ3n) is 4.36. The molecule has 1 atom stereocenters. The molecule has 1 unspecified atom stereocenters. The van der Waals surface area contributed by atoms with E-state index in [2.05, 4.69) is 58.2 Å². The Bertz CT molecular complexity index is 419. The summed E-state index contributed by atoms with van der Waals surface area (Å²) in [6.07, 6.45) is 5.38. The Hall–Kier alpha value is -0.540. The van der Waals surface area contributed by atoms with Gasteiger partial charge in [-0.15, -0.1) is 0 Å². The molecule has 112 valence electrons. The minimum atomic E-state index is 0.923. The molecule has 0 spiro atoms. The lowest BCUT2D eigenvalue weighted by molar-refractivity contribution is 0.459. The number of benzene rings is 1. The molecule has 1 N–H and O–H groups in total. The zero-order valence-electron chi connectivity index (χ0n) is 12.8. The molecule has 0 aromatic heterocycles. The molecule has 0 radical (unpaired) electrons. The predicted molar refractivity (Wildman–Crippen MR) is 91.4 cm³/mol. The summed E-state index contributed by atoms with van der Waals surface area (Å²) in [4.78, 5) is 2.55. The van der Waals surface area contributed by atoms with Gasteiger partial charge in [0.1, 0.15) is 0 Å². The topological polar surface area (TPSA) is 15.3 Å². The lowest BCUT2D eigenvalue weighted by Gasteiger charge is -2.24. The summed E-state index contributed by atoms with van der Waals surface area (Å²) < 4.78 is 1.24. The molecule has 1 aliphatic heterocycles. The Morgan fingerprint density at radius 2 is 2.10 bits per heavy atom. The second-order valence-electron chi connectivity index (χ2n) is 5.76. The van der Waals surface area contributed by atoms with Crippen LogP contribution in [-0.4, -0.2) is 19.6 Å². The molecule has 3 heteroatoms. The molecule has 20 heavy (non-hydrogen) atoms. The summed E-state index contributed by atoms with van der Waals surface area (Å²) in [6.45, 7) is 8.83. The molecule has 0 bridgehead atoms. The van der Waals surface area contributed by atoms with Gasteiger partial charge in [0.2, 0.25) is 0 Å². The van der Waals surface area contributed by atoms with Crippen LogP contribution < -0.4 is 10.2 Å². The van der Waals surface area contributed by atoms with Crippen LogP contribution in [0.4, 0.5) is 5.69 Å². The van der Waals surface area contributed by atoms with Crippen molar-refractivity contribution in [2.75, 3.05) is 24.5 Å². The number of hydrogen-bond acceptors (Lipinski definition) is 2. The van der Waals surface area contributed by atoms with Crippen molar-refractivity contribution in [3.05, 3.63) is 28.2 Å². The van der Waals surface area contributed by atoms with E-state index < -0.39 is 0 Å². The van der Waals surface area contributed by atoms with E-state index in [9.17, 15) is 0 Å². The fraction of sp³-hybridized carbons (Fsp3) is 0.647. The summed E-state index contributed by atoms with van der Waals surface area (Å²) in [5, 5.41) is 3.38. The van der Waals surface area contributed by atoms with Gasteiger partial charge in [0.25, 0.3) is 0 Å². The summed E-state index contributed by atoms with van der Waals surface area (Å²) in [6, 6.07) is 6.80. The minimum Gasteiger partial charge on any atom is -0.371 e. The Labute approximate surface area is 132 Å². The molecule has 1 saturated heterocycles. The lowest BCUT2D eigenvalue weighted by atomic mass is 9.98. The quantitative estimate of drug-likeness (QED) is 0.845.